The van der Waals surface area contributed by atoms with Crippen molar-refractivity contribution in [2.75, 3.05) is 13.1 Å². The zero-order chi connectivity index (χ0) is 16.4. The van der Waals surface area contributed by atoms with Crippen LogP contribution in [0.4, 0.5) is 9.18 Å². The van der Waals surface area contributed by atoms with Gasteiger partial charge in [0, 0.05) is 30.7 Å². The number of halogens is 2. The minimum absolute atomic E-state index is 0.00875. The number of amides is 1. The first-order chi connectivity index (χ1) is 11.1. The van der Waals surface area contributed by atoms with Crippen LogP contribution in [-0.2, 0) is 0 Å². The SMILES string of the molecule is O=C(O)NCCN(C1CC1)C(c1cccc(Cl)c1F)C1CCC1. The standard InChI is InChI=1S/C17H22ClFN2O2/c18-14-6-2-5-13(15(14)19)16(11-3-1-4-11)21(12-7-8-12)10-9-20-17(22)23/h2,5-6,11-12,16,20H,1,3-4,7-10H2,(H,22,23). The summed E-state index contributed by atoms with van der Waals surface area (Å²) in [5.41, 5.74) is 0.657. The van der Waals surface area contributed by atoms with Gasteiger partial charge in [-0.15, -0.1) is 0 Å². The van der Waals surface area contributed by atoms with Crippen LogP contribution in [0.25, 0.3) is 0 Å². The third kappa shape index (κ3) is 3.78. The van der Waals surface area contributed by atoms with Crippen molar-refractivity contribution in [1.29, 1.82) is 0 Å². The highest BCUT2D eigenvalue weighted by Crippen LogP contribution is 2.46. The summed E-state index contributed by atoms with van der Waals surface area (Å²) >= 11 is 5.99. The number of carbonyl (C=O) groups is 1. The molecule has 0 bridgehead atoms. The van der Waals surface area contributed by atoms with Crippen molar-refractivity contribution in [3.63, 3.8) is 0 Å². The monoisotopic (exact) mass is 340 g/mol. The second-order valence-electron chi connectivity index (χ2n) is 6.48. The van der Waals surface area contributed by atoms with Gasteiger partial charge in [0.05, 0.1) is 5.02 Å². The van der Waals surface area contributed by atoms with Gasteiger partial charge in [-0.1, -0.05) is 30.2 Å². The maximum Gasteiger partial charge on any atom is 0.404 e. The van der Waals surface area contributed by atoms with Crippen LogP contribution in [0.5, 0.6) is 0 Å². The highest BCUT2D eigenvalue weighted by molar-refractivity contribution is 6.30. The van der Waals surface area contributed by atoms with E-state index in [4.69, 9.17) is 16.7 Å². The van der Waals surface area contributed by atoms with E-state index in [0.717, 1.165) is 25.7 Å². The predicted octanol–water partition coefficient (Wildman–Crippen LogP) is 4.05. The lowest BCUT2D eigenvalue weighted by Gasteiger charge is -2.42. The first kappa shape index (κ1) is 16.5. The van der Waals surface area contributed by atoms with Crippen LogP contribution in [0, 0.1) is 11.7 Å². The lowest BCUT2D eigenvalue weighted by atomic mass is 9.76. The van der Waals surface area contributed by atoms with Crippen molar-refractivity contribution in [1.82, 2.24) is 10.2 Å². The van der Waals surface area contributed by atoms with Gasteiger partial charge in [0.1, 0.15) is 5.82 Å². The molecule has 2 fully saturated rings. The van der Waals surface area contributed by atoms with Gasteiger partial charge in [-0.25, -0.2) is 9.18 Å². The molecule has 0 spiro atoms. The molecule has 1 aromatic carbocycles. The van der Waals surface area contributed by atoms with Crippen LogP contribution in [-0.4, -0.2) is 35.2 Å². The zero-order valence-corrected chi connectivity index (χ0v) is 13.7. The van der Waals surface area contributed by atoms with Gasteiger partial charge >= 0.3 is 6.09 Å². The minimum Gasteiger partial charge on any atom is -0.465 e. The van der Waals surface area contributed by atoms with E-state index in [0.29, 0.717) is 30.6 Å². The van der Waals surface area contributed by atoms with Crippen LogP contribution in [0.2, 0.25) is 5.02 Å². The Hall–Kier alpha value is -1.33. The predicted molar refractivity (Wildman–Crippen MR) is 87.2 cm³/mol. The largest absolute Gasteiger partial charge is 0.465 e. The summed E-state index contributed by atoms with van der Waals surface area (Å²) in [5, 5.41) is 11.4. The van der Waals surface area contributed by atoms with Crippen molar-refractivity contribution < 1.29 is 14.3 Å². The van der Waals surface area contributed by atoms with Crippen molar-refractivity contribution >= 4 is 17.7 Å². The number of rotatable bonds is 7. The van der Waals surface area contributed by atoms with Crippen molar-refractivity contribution in [3.05, 3.63) is 34.6 Å². The molecule has 6 heteroatoms. The second kappa shape index (κ2) is 7.05. The molecule has 2 aliphatic carbocycles. The van der Waals surface area contributed by atoms with Crippen LogP contribution >= 0.6 is 11.6 Å². The second-order valence-corrected chi connectivity index (χ2v) is 6.89. The van der Waals surface area contributed by atoms with E-state index in [1.807, 2.05) is 6.07 Å². The molecule has 2 aliphatic rings. The maximum atomic E-state index is 14.6. The van der Waals surface area contributed by atoms with Crippen molar-refractivity contribution in [2.45, 2.75) is 44.2 Å². The highest BCUT2D eigenvalue weighted by Gasteiger charge is 2.41. The molecule has 4 nitrogen and oxygen atoms in total. The van der Waals surface area contributed by atoms with E-state index in [1.165, 1.54) is 6.42 Å². The molecule has 2 N–H and O–H groups in total. The average molecular weight is 341 g/mol. The molecule has 1 atom stereocenters. The summed E-state index contributed by atoms with van der Waals surface area (Å²) in [6.07, 6.45) is 4.53. The number of nitrogens with one attached hydrogen (secondary N) is 1. The Morgan fingerprint density at radius 1 is 1.39 bits per heavy atom. The Kier molecular flexibility index (Phi) is 5.07. The molecule has 0 aromatic heterocycles. The number of nitrogens with zero attached hydrogens (tertiary/aromatic N) is 1. The summed E-state index contributed by atoms with van der Waals surface area (Å²) in [5.74, 6) is 0.0938. The van der Waals surface area contributed by atoms with Gasteiger partial charge < -0.3 is 10.4 Å². The van der Waals surface area contributed by atoms with Gasteiger partial charge in [0.25, 0.3) is 0 Å². The molecule has 126 valence electrons. The van der Waals surface area contributed by atoms with E-state index < -0.39 is 6.09 Å². The fraction of sp³-hybridized carbons (Fsp3) is 0.588. The molecule has 0 aliphatic heterocycles. The molecule has 1 aromatic rings. The number of hydrogen-bond acceptors (Lipinski definition) is 2. The topological polar surface area (TPSA) is 52.6 Å². The number of benzene rings is 1. The fourth-order valence-corrected chi connectivity index (χ4v) is 3.64. The average Bonchev–Trinajstić information content (AvgIpc) is 3.27. The van der Waals surface area contributed by atoms with E-state index in [2.05, 4.69) is 10.2 Å². The van der Waals surface area contributed by atoms with E-state index in [-0.39, 0.29) is 16.9 Å². The first-order valence-electron chi connectivity index (χ1n) is 8.24. The van der Waals surface area contributed by atoms with E-state index in [9.17, 15) is 9.18 Å². The molecule has 3 rings (SSSR count). The maximum absolute atomic E-state index is 14.6. The molecular weight excluding hydrogens is 319 g/mol. The van der Waals surface area contributed by atoms with Crippen LogP contribution in [0.15, 0.2) is 18.2 Å². The molecule has 23 heavy (non-hydrogen) atoms. The van der Waals surface area contributed by atoms with Gasteiger partial charge in [0.2, 0.25) is 0 Å². The quantitative estimate of drug-likeness (QED) is 0.787. The fourth-order valence-electron chi connectivity index (χ4n) is 3.45. The van der Waals surface area contributed by atoms with Crippen LogP contribution in [0.3, 0.4) is 0 Å². The lowest BCUT2D eigenvalue weighted by Crippen LogP contribution is -2.42. The first-order valence-corrected chi connectivity index (χ1v) is 8.62. The molecule has 1 unspecified atom stereocenters. The summed E-state index contributed by atoms with van der Waals surface area (Å²) in [7, 11) is 0. The lowest BCUT2D eigenvalue weighted by molar-refractivity contribution is 0.0854. The normalized spacial score (nSPS) is 19.4. The molecule has 2 saturated carbocycles. The van der Waals surface area contributed by atoms with Gasteiger partial charge in [-0.05, 0) is 37.7 Å². The molecule has 1 amide bonds. The highest BCUT2D eigenvalue weighted by atomic mass is 35.5. The van der Waals surface area contributed by atoms with E-state index in [1.54, 1.807) is 12.1 Å². The Balaban J connectivity index is 1.84. The Bertz CT molecular complexity index is 576. The van der Waals surface area contributed by atoms with Crippen LogP contribution < -0.4 is 5.32 Å². The summed E-state index contributed by atoms with van der Waals surface area (Å²) in [6, 6.07) is 5.61. The van der Waals surface area contributed by atoms with Gasteiger partial charge in [0.15, 0.2) is 0 Å². The van der Waals surface area contributed by atoms with Crippen molar-refractivity contribution in [2.24, 2.45) is 5.92 Å². The number of hydrogen-bond donors (Lipinski definition) is 2. The Morgan fingerprint density at radius 2 is 2.13 bits per heavy atom. The van der Waals surface area contributed by atoms with E-state index >= 15 is 0 Å². The molecule has 0 radical (unpaired) electrons. The Labute approximate surface area is 140 Å². The smallest absolute Gasteiger partial charge is 0.404 e. The third-order valence-electron chi connectivity index (χ3n) is 4.92. The van der Waals surface area contributed by atoms with Crippen molar-refractivity contribution in [3.8, 4) is 0 Å². The van der Waals surface area contributed by atoms with Gasteiger partial charge in [-0.3, -0.25) is 4.90 Å². The number of carboxylic acid groups (broad SMARTS) is 1. The molecule has 0 saturated heterocycles. The molecule has 0 heterocycles. The van der Waals surface area contributed by atoms with Gasteiger partial charge in [-0.2, -0.15) is 0 Å². The Morgan fingerprint density at radius 3 is 2.70 bits per heavy atom. The molecular formula is C17H22ClFN2O2. The summed E-state index contributed by atoms with van der Waals surface area (Å²) in [6.45, 7) is 0.960. The zero-order valence-electron chi connectivity index (χ0n) is 13.0. The summed E-state index contributed by atoms with van der Waals surface area (Å²) < 4.78 is 14.6. The minimum atomic E-state index is -1.02. The van der Waals surface area contributed by atoms with Crippen LogP contribution in [0.1, 0.15) is 43.7 Å². The third-order valence-corrected chi connectivity index (χ3v) is 5.21. The summed E-state index contributed by atoms with van der Waals surface area (Å²) in [4.78, 5) is 13.0.